The maximum Gasteiger partial charge on any atom is 0.340 e. The van der Waals surface area contributed by atoms with Gasteiger partial charge >= 0.3 is 5.97 Å². The van der Waals surface area contributed by atoms with Crippen molar-refractivity contribution in [1.82, 2.24) is 0 Å². The van der Waals surface area contributed by atoms with Crippen LogP contribution in [-0.4, -0.2) is 21.6 Å². The van der Waals surface area contributed by atoms with Gasteiger partial charge < -0.3 is 4.74 Å². The molecule has 190 valence electrons. The fourth-order valence-corrected chi connectivity index (χ4v) is 4.87. The summed E-state index contributed by atoms with van der Waals surface area (Å²) in [6, 6.07) is 23.8. The molecule has 38 heavy (non-hydrogen) atoms. The maximum atomic E-state index is 13.4. The van der Waals surface area contributed by atoms with Crippen molar-refractivity contribution in [3.63, 3.8) is 0 Å². The minimum atomic E-state index is -1.40. The Morgan fingerprint density at radius 1 is 0.789 bits per heavy atom. The van der Waals surface area contributed by atoms with Crippen molar-refractivity contribution >= 4 is 46.5 Å². The number of benzene rings is 4. The summed E-state index contributed by atoms with van der Waals surface area (Å²) in [5, 5.41) is 22.7. The average Bonchev–Trinajstić information content (AvgIpc) is 2.93. The van der Waals surface area contributed by atoms with Crippen molar-refractivity contribution in [3.8, 4) is 0 Å². The summed E-state index contributed by atoms with van der Waals surface area (Å²) in [7, 11) is 0. The van der Waals surface area contributed by atoms with Crippen LogP contribution in [0.15, 0.2) is 107 Å². The van der Waals surface area contributed by atoms with Gasteiger partial charge in [-0.1, -0.05) is 71.9 Å². The van der Waals surface area contributed by atoms with Crippen LogP contribution >= 0.6 is 23.4 Å². The zero-order valence-electron chi connectivity index (χ0n) is 19.4. The lowest BCUT2D eigenvalue weighted by Crippen LogP contribution is -2.20. The lowest BCUT2D eigenvalue weighted by molar-refractivity contribution is -0.387. The molecule has 11 heteroatoms. The van der Waals surface area contributed by atoms with Crippen molar-refractivity contribution in [2.75, 3.05) is 0 Å². The van der Waals surface area contributed by atoms with E-state index in [1.165, 1.54) is 48.5 Å². The van der Waals surface area contributed by atoms with Gasteiger partial charge in [0.05, 0.1) is 20.4 Å². The SMILES string of the molecule is O=C(O[C@@H](C(=O)c1ccccc1)c1ccc([N+](=O)[O-])cc1)c1ccccc1Sc1c(Cl)cccc1[N+](=O)[O-]. The number of nitro benzene ring substituents is 2. The number of hydrogen-bond donors (Lipinski definition) is 0. The molecule has 0 saturated carbocycles. The zero-order chi connectivity index (χ0) is 27.2. The number of rotatable bonds is 9. The first kappa shape index (κ1) is 26.5. The molecule has 0 aliphatic rings. The normalized spacial score (nSPS) is 11.4. The van der Waals surface area contributed by atoms with E-state index in [0.717, 1.165) is 11.8 Å². The summed E-state index contributed by atoms with van der Waals surface area (Å²) in [4.78, 5) is 48.7. The Kier molecular flexibility index (Phi) is 8.15. The standard InChI is InChI=1S/C27H17ClN2O7S/c28-21-10-6-11-22(30(35)36)26(21)38-23-12-5-4-9-20(23)27(32)37-25(24(31)17-7-2-1-3-8-17)18-13-15-19(16-14-18)29(33)34/h1-16,25H/t25-/m1/s1. The van der Waals surface area contributed by atoms with E-state index in [1.54, 1.807) is 48.5 Å². The molecule has 9 nitrogen and oxygen atoms in total. The molecule has 0 radical (unpaired) electrons. The van der Waals surface area contributed by atoms with Crippen LogP contribution in [0.1, 0.15) is 32.4 Å². The molecule has 0 saturated heterocycles. The fourth-order valence-electron chi connectivity index (χ4n) is 3.54. The smallest absolute Gasteiger partial charge is 0.340 e. The number of non-ortho nitro benzene ring substituents is 1. The molecule has 0 amide bonds. The Bertz CT molecular complexity index is 1530. The molecule has 0 aromatic heterocycles. The Morgan fingerprint density at radius 3 is 2.11 bits per heavy atom. The highest BCUT2D eigenvalue weighted by atomic mass is 35.5. The summed E-state index contributed by atoms with van der Waals surface area (Å²) < 4.78 is 5.69. The second kappa shape index (κ2) is 11.7. The number of carbonyl (C=O) groups excluding carboxylic acids is 2. The van der Waals surface area contributed by atoms with E-state index in [9.17, 15) is 29.8 Å². The molecule has 4 aromatic carbocycles. The summed E-state index contributed by atoms with van der Waals surface area (Å²) in [6.07, 6.45) is -1.40. The van der Waals surface area contributed by atoms with Gasteiger partial charge in [0, 0.05) is 34.2 Å². The van der Waals surface area contributed by atoms with Crippen LogP contribution in [0.5, 0.6) is 0 Å². The Morgan fingerprint density at radius 2 is 1.45 bits per heavy atom. The molecule has 4 rings (SSSR count). The van der Waals surface area contributed by atoms with E-state index in [1.807, 2.05) is 0 Å². The number of esters is 1. The van der Waals surface area contributed by atoms with Crippen LogP contribution in [0.2, 0.25) is 5.02 Å². The van der Waals surface area contributed by atoms with Crippen molar-refractivity contribution in [2.24, 2.45) is 0 Å². The summed E-state index contributed by atoms with van der Waals surface area (Å²) in [5.74, 6) is -1.39. The third kappa shape index (κ3) is 5.88. The van der Waals surface area contributed by atoms with Gasteiger partial charge in [-0.2, -0.15) is 0 Å². The van der Waals surface area contributed by atoms with E-state index in [2.05, 4.69) is 0 Å². The van der Waals surface area contributed by atoms with Gasteiger partial charge in [-0.25, -0.2) is 4.79 Å². The molecule has 0 fully saturated rings. The highest BCUT2D eigenvalue weighted by molar-refractivity contribution is 7.99. The monoisotopic (exact) mass is 548 g/mol. The Hall–Kier alpha value is -4.54. The quantitative estimate of drug-likeness (QED) is 0.0937. The first-order valence-corrected chi connectivity index (χ1v) is 12.2. The molecule has 0 bridgehead atoms. The summed E-state index contributed by atoms with van der Waals surface area (Å²) in [5.41, 5.74) is 0.157. The predicted octanol–water partition coefficient (Wildman–Crippen LogP) is 7.09. The number of ketones is 1. The number of Topliss-reactive ketones (excluding diaryl/α,β-unsaturated/α-hetero) is 1. The lowest BCUT2D eigenvalue weighted by Gasteiger charge is -2.18. The summed E-state index contributed by atoms with van der Waals surface area (Å²) >= 11 is 7.15. The van der Waals surface area contributed by atoms with E-state index in [-0.39, 0.29) is 38.0 Å². The predicted molar refractivity (Wildman–Crippen MR) is 141 cm³/mol. The van der Waals surface area contributed by atoms with Gasteiger partial charge in [0.15, 0.2) is 6.10 Å². The van der Waals surface area contributed by atoms with Gasteiger partial charge in [0.25, 0.3) is 11.4 Å². The topological polar surface area (TPSA) is 130 Å². The van der Waals surface area contributed by atoms with Crippen LogP contribution in [0.4, 0.5) is 11.4 Å². The van der Waals surface area contributed by atoms with E-state index in [4.69, 9.17) is 16.3 Å². The molecular weight excluding hydrogens is 532 g/mol. The highest BCUT2D eigenvalue weighted by Gasteiger charge is 2.29. The third-order valence-electron chi connectivity index (χ3n) is 5.39. The van der Waals surface area contributed by atoms with E-state index >= 15 is 0 Å². The molecule has 0 N–H and O–H groups in total. The number of hydrogen-bond acceptors (Lipinski definition) is 8. The first-order valence-electron chi connectivity index (χ1n) is 11.0. The second-order valence-electron chi connectivity index (χ2n) is 7.81. The first-order chi connectivity index (χ1) is 18.3. The minimum Gasteiger partial charge on any atom is -0.445 e. The molecule has 0 spiro atoms. The van der Waals surface area contributed by atoms with Crippen LogP contribution in [0.25, 0.3) is 0 Å². The number of halogens is 1. The molecule has 0 heterocycles. The van der Waals surface area contributed by atoms with Gasteiger partial charge in [-0.15, -0.1) is 0 Å². The third-order valence-corrected chi connectivity index (χ3v) is 7.03. The highest BCUT2D eigenvalue weighted by Crippen LogP contribution is 2.41. The molecular formula is C27H17ClN2O7S. The molecule has 0 unspecified atom stereocenters. The van der Waals surface area contributed by atoms with Crippen molar-refractivity contribution < 1.29 is 24.2 Å². The van der Waals surface area contributed by atoms with E-state index in [0.29, 0.717) is 4.90 Å². The molecule has 0 aliphatic heterocycles. The Balaban J connectivity index is 1.70. The van der Waals surface area contributed by atoms with Crippen LogP contribution in [-0.2, 0) is 4.74 Å². The lowest BCUT2D eigenvalue weighted by atomic mass is 9.99. The van der Waals surface area contributed by atoms with Gasteiger partial charge in [-0.3, -0.25) is 25.0 Å². The van der Waals surface area contributed by atoms with E-state index < -0.39 is 27.7 Å². The van der Waals surface area contributed by atoms with Crippen molar-refractivity contribution in [2.45, 2.75) is 15.9 Å². The molecule has 0 aliphatic carbocycles. The van der Waals surface area contributed by atoms with Gasteiger partial charge in [0.1, 0.15) is 4.90 Å². The fraction of sp³-hybridized carbons (Fsp3) is 0.0370. The van der Waals surface area contributed by atoms with Crippen LogP contribution in [0.3, 0.4) is 0 Å². The molecule has 4 aromatic rings. The number of nitrogens with zero attached hydrogens (tertiary/aromatic N) is 2. The minimum absolute atomic E-state index is 0.0551. The van der Waals surface area contributed by atoms with Crippen LogP contribution < -0.4 is 0 Å². The number of ether oxygens (including phenoxy) is 1. The van der Waals surface area contributed by atoms with Gasteiger partial charge in [0.2, 0.25) is 5.78 Å². The number of nitro groups is 2. The second-order valence-corrected chi connectivity index (χ2v) is 9.27. The molecule has 1 atom stereocenters. The Labute approximate surface area is 225 Å². The average molecular weight is 549 g/mol. The van der Waals surface area contributed by atoms with Gasteiger partial charge in [-0.05, 0) is 30.3 Å². The number of carbonyl (C=O) groups is 2. The van der Waals surface area contributed by atoms with Crippen molar-refractivity contribution in [1.29, 1.82) is 0 Å². The maximum absolute atomic E-state index is 13.4. The zero-order valence-corrected chi connectivity index (χ0v) is 20.9. The van der Waals surface area contributed by atoms with Crippen LogP contribution in [0, 0.1) is 20.2 Å². The largest absolute Gasteiger partial charge is 0.445 e. The van der Waals surface area contributed by atoms with Crippen molar-refractivity contribution in [3.05, 3.63) is 139 Å². The summed E-state index contributed by atoms with van der Waals surface area (Å²) in [6.45, 7) is 0.